The normalized spacial score (nSPS) is 15.7. The molecular formula is C53H58N7O19S7+. The van der Waals surface area contributed by atoms with Gasteiger partial charge >= 0.3 is 10.6 Å². The molecule has 2 aliphatic rings. The molecule has 4 aromatic carbocycles. The van der Waals surface area contributed by atoms with Crippen LogP contribution in [0, 0.1) is 0 Å². The summed E-state index contributed by atoms with van der Waals surface area (Å²) in [6, 6.07) is 16.0. The number of unbranched alkanes of at least 4 members (excludes halogenated alkanes) is 1. The summed E-state index contributed by atoms with van der Waals surface area (Å²) in [5.74, 6) is -1.44. The Hall–Kier alpha value is -6.89. The van der Waals surface area contributed by atoms with Crippen molar-refractivity contribution in [2.75, 3.05) is 30.3 Å². The highest BCUT2D eigenvalue weighted by molar-refractivity contribution is 7.91. The molecule has 6 aromatic rings. The highest BCUT2D eigenvalue weighted by Crippen LogP contribution is 2.52. The third-order valence-corrected chi connectivity index (χ3v) is 19.8. The summed E-state index contributed by atoms with van der Waals surface area (Å²) in [5.41, 5.74) is 2.51. The topological polar surface area (TPSA) is 420 Å². The predicted molar refractivity (Wildman–Crippen MR) is 317 cm³/mol. The fourth-order valence-electron chi connectivity index (χ4n) is 10.5. The van der Waals surface area contributed by atoms with Gasteiger partial charge in [0.1, 0.15) is 22.2 Å². The fourth-order valence-corrected chi connectivity index (χ4v) is 14.3. The lowest BCUT2D eigenvalue weighted by Gasteiger charge is -2.27. The lowest BCUT2D eigenvalue weighted by molar-refractivity contribution is -0.438. The van der Waals surface area contributed by atoms with Crippen molar-refractivity contribution < 1.29 is 87.1 Å². The van der Waals surface area contributed by atoms with Crippen molar-refractivity contribution in [1.82, 2.24) is 20.5 Å². The van der Waals surface area contributed by atoms with Crippen LogP contribution in [0.4, 0.5) is 11.4 Å². The summed E-state index contributed by atoms with van der Waals surface area (Å²) >= 11 is 0.689. The van der Waals surface area contributed by atoms with Gasteiger partial charge < -0.3 is 10.2 Å². The van der Waals surface area contributed by atoms with E-state index < -0.39 is 97.7 Å². The van der Waals surface area contributed by atoms with Gasteiger partial charge in [0.2, 0.25) is 10.0 Å². The Bertz CT molecular complexity index is 4590. The van der Waals surface area contributed by atoms with Gasteiger partial charge in [0.25, 0.3) is 56.4 Å². The van der Waals surface area contributed by atoms with Crippen LogP contribution in [0.1, 0.15) is 98.9 Å². The molecule has 2 aromatic heterocycles. The molecule has 0 saturated carbocycles. The van der Waals surface area contributed by atoms with E-state index in [2.05, 4.69) is 20.1 Å². The SMILES string of the molecule is CCCC[N+]1=C(/C=C/C(=C/C=C2/N(CCCS(=O)(=O)O)c3ccc4c(S(=O)(=O)O)cc(S(=O)(=O)O)cc4c3C2(C)C)c2ccc(C(=O)NCCCC(=O)Cc3nnc(S(N)(=O)=O)s3)cn2)C(C)(C)c2c1ccc1ccc(S(=O)(=O)O)cc21.O=S(=O)=O. The van der Waals surface area contributed by atoms with Crippen LogP contribution in [0.25, 0.3) is 27.1 Å². The standard InChI is InChI=1S/C53H57N7O16S6.O3S/c1-6-7-24-59-42-19-13-32-11-16-36(80(68,69)70)28-39(32)48(42)52(2,3)45(59)21-14-33(41-18-12-34(31-56-41)50(62)55-23-8-10-35(61)27-47-57-58-51(77-47)79(54,66)67)15-22-46-53(4,5)49-40-29-37(81(71,72)73)30-44(82(74,75)76)38(40)17-20-43(49)60(46)25-9-26-78(63,64)65;1-4(2)3/h11-22,28-31H,6-10,23-27H2,1-5H3,(H6-,54,55,62,63,64,65,66,67,68,69,70,71,72,73,74,75,76);/p+1. The number of benzene rings is 4. The molecule has 0 saturated heterocycles. The minimum atomic E-state index is -5.09. The van der Waals surface area contributed by atoms with E-state index in [1.807, 2.05) is 39.0 Å². The number of fused-ring (bicyclic) bond motifs is 6. The first-order chi connectivity index (χ1) is 39.8. The highest BCUT2D eigenvalue weighted by Gasteiger charge is 2.46. The Kier molecular flexibility index (Phi) is 19.7. The zero-order chi connectivity index (χ0) is 63.7. The third kappa shape index (κ3) is 15.3. The molecular weight excluding hydrogens is 1260 g/mol. The van der Waals surface area contributed by atoms with Gasteiger partial charge in [-0.1, -0.05) is 56.7 Å². The number of carbonyl (C=O) groups is 2. The number of sulfonamides is 1. The first kappa shape index (κ1) is 66.6. The van der Waals surface area contributed by atoms with Gasteiger partial charge in [0, 0.05) is 77.6 Å². The van der Waals surface area contributed by atoms with Gasteiger partial charge in [-0.15, -0.1) is 22.8 Å². The van der Waals surface area contributed by atoms with Gasteiger partial charge in [-0.05, 0) is 109 Å². The fraction of sp³-hybridized carbons (Fsp3) is 0.321. The number of rotatable bonds is 22. The first-order valence-electron chi connectivity index (χ1n) is 25.8. The molecule has 0 radical (unpaired) electrons. The maximum absolute atomic E-state index is 13.5. The summed E-state index contributed by atoms with van der Waals surface area (Å²) in [6.45, 7) is 10.1. The second-order valence-corrected chi connectivity index (χ2v) is 29.9. The largest absolute Gasteiger partial charge is 0.425 e. The van der Waals surface area contributed by atoms with Crippen molar-refractivity contribution in [3.8, 4) is 0 Å². The van der Waals surface area contributed by atoms with E-state index in [4.69, 9.17) is 22.7 Å². The number of amides is 1. The minimum Gasteiger partial charge on any atom is -0.352 e. The molecule has 0 fully saturated rings. The average Bonchev–Trinajstić information content (AvgIpc) is 1.57. The molecule has 86 heavy (non-hydrogen) atoms. The summed E-state index contributed by atoms with van der Waals surface area (Å²) in [4.78, 5) is 30.7. The number of allylic oxidation sites excluding steroid dienone is 6. The van der Waals surface area contributed by atoms with Crippen LogP contribution in [-0.2, 0) is 83.1 Å². The Morgan fingerprint density at radius 3 is 2.02 bits per heavy atom. The van der Waals surface area contributed by atoms with E-state index in [1.165, 1.54) is 36.5 Å². The van der Waals surface area contributed by atoms with E-state index in [1.54, 1.807) is 49.1 Å². The second kappa shape index (κ2) is 25.4. The van der Waals surface area contributed by atoms with Crippen LogP contribution in [0.3, 0.4) is 0 Å². The quantitative estimate of drug-likeness (QED) is 0.0205. The molecule has 8 rings (SSSR count). The summed E-state index contributed by atoms with van der Waals surface area (Å²) in [6.07, 6.45) is 10.0. The molecule has 1 amide bonds. The number of nitrogens with two attached hydrogens (primary N) is 1. The highest BCUT2D eigenvalue weighted by atomic mass is 32.3. The Balaban J connectivity index is 0.00000256. The number of hydrogen-bond acceptors (Lipinski definition) is 20. The van der Waals surface area contributed by atoms with Crippen molar-refractivity contribution in [2.24, 2.45) is 5.14 Å². The average molecular weight is 1320 g/mol. The molecule has 460 valence electrons. The Labute approximate surface area is 501 Å². The van der Waals surface area contributed by atoms with Crippen molar-refractivity contribution in [3.63, 3.8) is 0 Å². The van der Waals surface area contributed by atoms with E-state index in [0.29, 0.717) is 57.5 Å². The maximum atomic E-state index is 13.5. The second-order valence-electron chi connectivity index (χ2n) is 20.9. The molecule has 0 aliphatic carbocycles. The summed E-state index contributed by atoms with van der Waals surface area (Å²) in [5, 5.41) is 16.5. The number of Topliss-reactive ketones (excluding diaryl/α,β-unsaturated/α-hetero) is 1. The minimum absolute atomic E-state index is 0.0247. The molecule has 0 unspecified atom stereocenters. The summed E-state index contributed by atoms with van der Waals surface area (Å²) in [7, 11) is -26.4. The molecule has 4 heterocycles. The number of nitrogens with one attached hydrogen (secondary N) is 1. The lowest BCUT2D eigenvalue weighted by atomic mass is 9.79. The molecule has 7 N–H and O–H groups in total. The van der Waals surface area contributed by atoms with Crippen molar-refractivity contribution in [1.29, 1.82) is 0 Å². The lowest BCUT2D eigenvalue weighted by Crippen LogP contribution is -2.28. The summed E-state index contributed by atoms with van der Waals surface area (Å²) < 4.78 is 190. The predicted octanol–water partition coefficient (Wildman–Crippen LogP) is 5.72. The van der Waals surface area contributed by atoms with Crippen molar-refractivity contribution in [2.45, 2.75) is 103 Å². The van der Waals surface area contributed by atoms with Crippen LogP contribution in [0.2, 0.25) is 0 Å². The van der Waals surface area contributed by atoms with Gasteiger partial charge in [-0.25, -0.2) is 13.6 Å². The van der Waals surface area contributed by atoms with Crippen LogP contribution in [0.15, 0.2) is 122 Å². The van der Waals surface area contributed by atoms with Gasteiger partial charge in [-0.2, -0.15) is 38.2 Å². The van der Waals surface area contributed by atoms with Crippen LogP contribution in [-0.4, -0.2) is 135 Å². The smallest absolute Gasteiger partial charge is 0.352 e. The third-order valence-electron chi connectivity index (χ3n) is 14.2. The van der Waals surface area contributed by atoms with E-state index in [0.717, 1.165) is 41.3 Å². The molecule has 2 aliphatic heterocycles. The number of carbonyl (C=O) groups excluding carboxylic acids is 2. The van der Waals surface area contributed by atoms with Crippen molar-refractivity contribution >= 4 is 128 Å². The molecule has 26 nitrogen and oxygen atoms in total. The van der Waals surface area contributed by atoms with Crippen LogP contribution in [0.5, 0.6) is 0 Å². The zero-order valence-electron chi connectivity index (χ0n) is 46.4. The van der Waals surface area contributed by atoms with Gasteiger partial charge in [-0.3, -0.25) is 32.8 Å². The monoisotopic (exact) mass is 1320 g/mol. The number of nitrogens with zero attached hydrogens (tertiary/aromatic N) is 5. The van der Waals surface area contributed by atoms with E-state index >= 15 is 0 Å². The maximum Gasteiger partial charge on any atom is 0.425 e. The van der Waals surface area contributed by atoms with E-state index in [9.17, 15) is 69.9 Å². The number of ketones is 1. The van der Waals surface area contributed by atoms with Crippen molar-refractivity contribution in [3.05, 3.63) is 130 Å². The first-order valence-corrected chi connectivity index (χ1v) is 35.1. The molecule has 0 bridgehead atoms. The number of anilines is 1. The van der Waals surface area contributed by atoms with Gasteiger partial charge in [0.15, 0.2) is 5.71 Å². The number of primary sulfonamides is 1. The molecule has 0 atom stereocenters. The number of pyridine rings is 1. The zero-order valence-corrected chi connectivity index (χ0v) is 52.1. The van der Waals surface area contributed by atoms with Crippen LogP contribution >= 0.6 is 11.3 Å². The Morgan fingerprint density at radius 2 is 1.43 bits per heavy atom. The molecule has 0 spiro atoms. The number of hydrogen-bond donors (Lipinski definition) is 6. The van der Waals surface area contributed by atoms with E-state index in [-0.39, 0.29) is 70.8 Å². The van der Waals surface area contributed by atoms with Gasteiger partial charge in [0.05, 0.1) is 38.6 Å². The Morgan fingerprint density at radius 1 is 0.767 bits per heavy atom. The van der Waals surface area contributed by atoms with Crippen LogP contribution < -0.4 is 15.4 Å². The molecule has 33 heteroatoms. The number of aromatic nitrogens is 3.